The Balaban J connectivity index is 2.36. The van der Waals surface area contributed by atoms with Gasteiger partial charge in [-0.1, -0.05) is 161 Å². The molecule has 0 heterocycles. The maximum absolute atomic E-state index is 12.7. The average molecular weight is 780 g/mol. The molecule has 0 spiro atoms. The highest BCUT2D eigenvalue weighted by molar-refractivity contribution is 7.87. The summed E-state index contributed by atoms with van der Waals surface area (Å²) in [6.45, 7) is 10.7. The van der Waals surface area contributed by atoms with Gasteiger partial charge in [-0.15, -0.1) is 0 Å². The maximum atomic E-state index is 12.7. The summed E-state index contributed by atoms with van der Waals surface area (Å²) in [6.07, 6.45) is 26.8. The van der Waals surface area contributed by atoms with Gasteiger partial charge in [0.15, 0.2) is 5.25 Å². The first-order chi connectivity index (χ1) is 25.8. The molecular weight excluding hydrogens is 699 g/mol. The Morgan fingerprint density at radius 1 is 0.667 bits per heavy atom. The molecule has 9 heteroatoms. The van der Waals surface area contributed by atoms with E-state index in [1.807, 2.05) is 13.8 Å². The molecule has 1 rings (SSSR count). The largest absolute Gasteiger partial charge is 0.747 e. The van der Waals surface area contributed by atoms with Gasteiger partial charge in [0.2, 0.25) is 0 Å². The molecule has 0 fully saturated rings. The Hall–Kier alpha value is -1.97. The van der Waals surface area contributed by atoms with Crippen molar-refractivity contribution in [2.75, 3.05) is 33.9 Å². The van der Waals surface area contributed by atoms with Gasteiger partial charge in [0.25, 0.3) is 0 Å². The summed E-state index contributed by atoms with van der Waals surface area (Å²) in [5, 5.41) is -2.09. The third-order valence-electron chi connectivity index (χ3n) is 11.1. The van der Waals surface area contributed by atoms with Gasteiger partial charge in [-0.25, -0.2) is 8.42 Å². The van der Waals surface area contributed by atoms with Gasteiger partial charge >= 0.3 is 11.9 Å². The van der Waals surface area contributed by atoms with Crippen LogP contribution in [0.15, 0.2) is 24.3 Å². The number of rotatable bonds is 35. The zero-order chi connectivity index (χ0) is 40.1. The summed E-state index contributed by atoms with van der Waals surface area (Å²) in [4.78, 5) is 25.1. The molecule has 8 nitrogen and oxygen atoms in total. The SMILES string of the molecule is CCCCCCCCCCCCCCCC[N+](C)(C)Cc1cccc(CCCCC(CC)COC(=O)C(CC(=O)OCC(CC)CCCC)S(=O)(=O)[O-])c1. The van der Waals surface area contributed by atoms with Gasteiger partial charge in [0, 0.05) is 5.56 Å². The lowest BCUT2D eigenvalue weighted by atomic mass is 9.97. The molecular formula is C45H81NO7S. The summed E-state index contributed by atoms with van der Waals surface area (Å²) in [6, 6.07) is 8.93. The molecule has 0 aromatic heterocycles. The third-order valence-corrected chi connectivity index (χ3v) is 12.1. The van der Waals surface area contributed by atoms with Crippen LogP contribution in [-0.4, -0.2) is 68.5 Å². The standard InChI is InChI=1S/C45H81NO7S/c1-7-11-13-14-15-16-17-18-19-20-21-22-23-26-33-46(5,6)36-42-32-27-31-41(34-42)30-25-24-29-40(10-4)38-53-45(48)43(54(49,50)51)35-44(47)52-37-39(9-3)28-12-8-2/h27,31-32,34,39-40,43H,7-26,28-30,33,35-38H2,1-6H3. The summed E-state index contributed by atoms with van der Waals surface area (Å²) < 4.78 is 47.2. The van der Waals surface area contributed by atoms with Crippen LogP contribution in [-0.2, 0) is 42.1 Å². The summed E-state index contributed by atoms with van der Waals surface area (Å²) in [5.41, 5.74) is 2.70. The topological polar surface area (TPSA) is 110 Å². The molecule has 0 amide bonds. The fraction of sp³-hybridized carbons (Fsp3) is 0.822. The van der Waals surface area contributed by atoms with Gasteiger partial charge < -0.3 is 18.5 Å². The number of hydrogen-bond acceptors (Lipinski definition) is 7. The number of quaternary nitrogens is 1. The Bertz CT molecular complexity index is 1220. The molecule has 0 aliphatic rings. The lowest BCUT2D eigenvalue weighted by Crippen LogP contribution is -2.39. The molecule has 1 aromatic carbocycles. The van der Waals surface area contributed by atoms with E-state index < -0.39 is 33.7 Å². The second kappa shape index (κ2) is 30.2. The van der Waals surface area contributed by atoms with Crippen LogP contribution in [0.4, 0.5) is 0 Å². The summed E-state index contributed by atoms with van der Waals surface area (Å²) in [7, 11) is -0.406. The normalized spacial score (nSPS) is 13.8. The number of hydrogen-bond donors (Lipinski definition) is 0. The first-order valence-corrected chi connectivity index (χ1v) is 23.5. The zero-order valence-electron chi connectivity index (χ0n) is 35.6. The minimum Gasteiger partial charge on any atom is -0.747 e. The van der Waals surface area contributed by atoms with Gasteiger partial charge in [0.05, 0.1) is 40.3 Å². The second-order valence-electron chi connectivity index (χ2n) is 16.7. The van der Waals surface area contributed by atoms with Crippen molar-refractivity contribution in [1.29, 1.82) is 0 Å². The second-order valence-corrected chi connectivity index (χ2v) is 18.2. The lowest BCUT2D eigenvalue weighted by Gasteiger charge is -2.30. The van der Waals surface area contributed by atoms with Crippen molar-refractivity contribution in [2.24, 2.45) is 11.8 Å². The molecule has 314 valence electrons. The number of carbonyl (C=O) groups is 2. The van der Waals surface area contributed by atoms with Gasteiger partial charge in [-0.2, -0.15) is 0 Å². The molecule has 0 N–H and O–H groups in total. The number of aryl methyl sites for hydroxylation is 1. The smallest absolute Gasteiger partial charge is 0.323 e. The third kappa shape index (κ3) is 25.2. The first kappa shape index (κ1) is 50.0. The first-order valence-electron chi connectivity index (χ1n) is 22.0. The molecule has 54 heavy (non-hydrogen) atoms. The highest BCUT2D eigenvalue weighted by Gasteiger charge is 2.31. The van der Waals surface area contributed by atoms with Gasteiger partial charge in [-0.05, 0) is 55.9 Å². The summed E-state index contributed by atoms with van der Waals surface area (Å²) >= 11 is 0. The van der Waals surface area contributed by atoms with Crippen molar-refractivity contribution < 1.29 is 36.5 Å². The van der Waals surface area contributed by atoms with Crippen molar-refractivity contribution in [2.45, 2.75) is 194 Å². The number of ether oxygens (including phenoxy) is 2. The van der Waals surface area contributed by atoms with E-state index in [9.17, 15) is 22.6 Å². The number of carbonyl (C=O) groups excluding carboxylic acids is 2. The minimum atomic E-state index is -5.08. The number of esters is 2. The minimum absolute atomic E-state index is 0.0210. The zero-order valence-corrected chi connectivity index (χ0v) is 36.4. The van der Waals surface area contributed by atoms with Crippen LogP contribution in [0, 0.1) is 11.8 Å². The Kier molecular flexibility index (Phi) is 28.0. The van der Waals surface area contributed by atoms with E-state index in [1.165, 1.54) is 108 Å². The van der Waals surface area contributed by atoms with Gasteiger partial charge in [0.1, 0.15) is 16.7 Å². The molecule has 3 atom stereocenters. The van der Waals surface area contributed by atoms with Crippen LogP contribution in [0.1, 0.15) is 187 Å². The molecule has 0 saturated carbocycles. The quantitative estimate of drug-likeness (QED) is 0.0292. The molecule has 0 aliphatic carbocycles. The van der Waals surface area contributed by atoms with Crippen molar-refractivity contribution in [3.63, 3.8) is 0 Å². The maximum Gasteiger partial charge on any atom is 0.323 e. The highest BCUT2D eigenvalue weighted by Crippen LogP contribution is 2.20. The van der Waals surface area contributed by atoms with Crippen molar-refractivity contribution >= 4 is 22.1 Å². The average Bonchev–Trinajstić information content (AvgIpc) is 3.13. The molecule has 0 saturated heterocycles. The Labute approximate surface area is 332 Å². The van der Waals surface area contributed by atoms with Crippen molar-refractivity contribution in [3.05, 3.63) is 35.4 Å². The number of benzene rings is 1. The van der Waals surface area contributed by atoms with Crippen molar-refractivity contribution in [1.82, 2.24) is 0 Å². The Morgan fingerprint density at radius 3 is 1.70 bits per heavy atom. The summed E-state index contributed by atoms with van der Waals surface area (Å²) in [5.74, 6) is -1.83. The molecule has 3 unspecified atom stereocenters. The Morgan fingerprint density at radius 2 is 1.17 bits per heavy atom. The van der Waals surface area contributed by atoms with Crippen LogP contribution >= 0.6 is 0 Å². The fourth-order valence-corrected chi connectivity index (χ4v) is 7.92. The van der Waals surface area contributed by atoms with E-state index in [2.05, 4.69) is 52.2 Å². The molecule has 1 aromatic rings. The van der Waals surface area contributed by atoms with E-state index in [1.54, 1.807) is 0 Å². The molecule has 0 aliphatic heterocycles. The highest BCUT2D eigenvalue weighted by atomic mass is 32.2. The molecule has 0 radical (unpaired) electrons. The molecule has 0 bridgehead atoms. The van der Waals surface area contributed by atoms with Crippen LogP contribution in [0.5, 0.6) is 0 Å². The number of nitrogens with zero attached hydrogens (tertiary/aromatic N) is 1. The van der Waals surface area contributed by atoms with Crippen molar-refractivity contribution in [3.8, 4) is 0 Å². The van der Waals surface area contributed by atoms with Crippen LogP contribution in [0.25, 0.3) is 0 Å². The van der Waals surface area contributed by atoms with E-state index in [-0.39, 0.29) is 25.0 Å². The number of unbranched alkanes of at least 4 members (excludes halogenated alkanes) is 15. The van der Waals surface area contributed by atoms with E-state index in [4.69, 9.17) is 9.47 Å². The van der Waals surface area contributed by atoms with E-state index in [0.717, 1.165) is 68.8 Å². The van der Waals surface area contributed by atoms with Crippen LogP contribution in [0.3, 0.4) is 0 Å². The van der Waals surface area contributed by atoms with E-state index in [0.29, 0.717) is 0 Å². The van der Waals surface area contributed by atoms with E-state index >= 15 is 0 Å². The predicted octanol–water partition coefficient (Wildman–Crippen LogP) is 11.1. The predicted molar refractivity (Wildman–Crippen MR) is 222 cm³/mol. The van der Waals surface area contributed by atoms with Crippen LogP contribution in [0.2, 0.25) is 0 Å². The van der Waals surface area contributed by atoms with Crippen LogP contribution < -0.4 is 0 Å². The fourth-order valence-electron chi connectivity index (χ4n) is 7.27. The lowest BCUT2D eigenvalue weighted by molar-refractivity contribution is -0.903. The van der Waals surface area contributed by atoms with Gasteiger partial charge in [-0.3, -0.25) is 9.59 Å². The monoisotopic (exact) mass is 780 g/mol.